The maximum Gasteiger partial charge on any atom is 0.329 e. The molecule has 2 aromatic carbocycles. The normalized spacial score (nSPS) is 15.2. The topological polar surface area (TPSA) is 98.7 Å². The Bertz CT molecular complexity index is 1290. The van der Waals surface area contributed by atoms with Crippen LogP contribution in [0, 0.1) is 6.92 Å². The van der Waals surface area contributed by atoms with Crippen LogP contribution in [0.2, 0.25) is 0 Å². The summed E-state index contributed by atoms with van der Waals surface area (Å²) < 4.78 is 16.0. The van der Waals surface area contributed by atoms with Crippen molar-refractivity contribution >= 4 is 11.9 Å². The number of hydrogen-bond donors (Lipinski definition) is 0. The molecule has 0 aliphatic carbocycles. The Hall–Kier alpha value is -4.20. The zero-order valence-corrected chi connectivity index (χ0v) is 17.9. The third kappa shape index (κ3) is 4.15. The summed E-state index contributed by atoms with van der Waals surface area (Å²) in [5.41, 5.74) is 3.84. The van der Waals surface area contributed by atoms with E-state index >= 15 is 0 Å². The van der Waals surface area contributed by atoms with Crippen LogP contribution in [0.3, 0.4) is 0 Å². The fraction of sp³-hybridized carbons (Fsp3) is 0.200. The average molecular weight is 443 g/mol. The summed E-state index contributed by atoms with van der Waals surface area (Å²) in [7, 11) is 0. The second kappa shape index (κ2) is 8.74. The molecule has 0 saturated carbocycles. The number of carbonyl (C=O) groups is 2. The Labute approximate surface area is 189 Å². The highest BCUT2D eigenvalue weighted by Gasteiger charge is 2.37. The van der Waals surface area contributed by atoms with Gasteiger partial charge in [0.05, 0.1) is 6.26 Å². The summed E-state index contributed by atoms with van der Waals surface area (Å²) in [5.74, 6) is -0.120. The number of fused-ring (bicyclic) bond motifs is 1. The maximum absolute atomic E-state index is 13.1. The number of esters is 1. The molecule has 1 aliphatic rings. The summed E-state index contributed by atoms with van der Waals surface area (Å²) in [4.78, 5) is 31.9. The minimum absolute atomic E-state index is 0.173. The fourth-order valence-electron chi connectivity index (χ4n) is 3.96. The molecule has 1 aliphatic heterocycles. The first-order valence-electron chi connectivity index (χ1n) is 10.6. The van der Waals surface area contributed by atoms with Gasteiger partial charge in [0, 0.05) is 18.5 Å². The van der Waals surface area contributed by atoms with Gasteiger partial charge < -0.3 is 18.6 Å². The van der Waals surface area contributed by atoms with Crippen LogP contribution in [0.15, 0.2) is 75.9 Å². The number of amides is 1. The van der Waals surface area contributed by atoms with E-state index in [0.717, 1.165) is 22.3 Å². The van der Waals surface area contributed by atoms with Gasteiger partial charge in [-0.05, 0) is 35.7 Å². The molecule has 0 unspecified atom stereocenters. The van der Waals surface area contributed by atoms with Crippen LogP contribution in [0.25, 0.3) is 11.4 Å². The monoisotopic (exact) mass is 443 g/mol. The second-order valence-corrected chi connectivity index (χ2v) is 7.83. The Morgan fingerprint density at radius 3 is 2.64 bits per heavy atom. The summed E-state index contributed by atoms with van der Waals surface area (Å²) >= 11 is 0. The van der Waals surface area contributed by atoms with Crippen LogP contribution in [-0.2, 0) is 29.1 Å². The van der Waals surface area contributed by atoms with Gasteiger partial charge in [0.25, 0.3) is 11.8 Å². The Balaban J connectivity index is 1.33. The van der Waals surface area contributed by atoms with Crippen LogP contribution in [0.1, 0.15) is 33.1 Å². The summed E-state index contributed by atoms with van der Waals surface area (Å²) in [6.45, 7) is 2.06. The van der Waals surface area contributed by atoms with E-state index in [2.05, 4.69) is 10.1 Å². The van der Waals surface area contributed by atoms with Gasteiger partial charge in [-0.15, -0.1) is 0 Å². The largest absolute Gasteiger partial charge is 0.459 e. The lowest BCUT2D eigenvalue weighted by Crippen LogP contribution is -2.49. The fourth-order valence-corrected chi connectivity index (χ4v) is 3.96. The van der Waals surface area contributed by atoms with E-state index in [0.29, 0.717) is 12.2 Å². The molecule has 0 spiro atoms. The number of ether oxygens (including phenoxy) is 1. The molecule has 2 aromatic heterocycles. The van der Waals surface area contributed by atoms with Crippen molar-refractivity contribution in [3.63, 3.8) is 0 Å². The number of aromatic nitrogens is 2. The van der Waals surface area contributed by atoms with Crippen molar-refractivity contribution in [3.8, 4) is 11.4 Å². The van der Waals surface area contributed by atoms with Crippen molar-refractivity contribution in [2.24, 2.45) is 0 Å². The molecule has 1 atom stereocenters. The molecular formula is C25H21N3O5. The molecule has 166 valence electrons. The molecule has 8 nitrogen and oxygen atoms in total. The predicted octanol–water partition coefficient (Wildman–Crippen LogP) is 3.95. The summed E-state index contributed by atoms with van der Waals surface area (Å²) in [6.07, 6.45) is 1.78. The minimum Gasteiger partial charge on any atom is -0.459 e. The molecule has 1 amide bonds. The Morgan fingerprint density at radius 1 is 1.06 bits per heavy atom. The van der Waals surface area contributed by atoms with Gasteiger partial charge >= 0.3 is 5.97 Å². The summed E-state index contributed by atoms with van der Waals surface area (Å²) in [6, 6.07) is 17.8. The Kier molecular flexibility index (Phi) is 5.48. The van der Waals surface area contributed by atoms with Crippen molar-refractivity contribution in [1.82, 2.24) is 15.0 Å². The van der Waals surface area contributed by atoms with Gasteiger partial charge in [-0.1, -0.05) is 53.7 Å². The number of carbonyl (C=O) groups excluding carboxylic acids is 2. The van der Waals surface area contributed by atoms with Crippen LogP contribution >= 0.6 is 0 Å². The Morgan fingerprint density at radius 2 is 1.85 bits per heavy atom. The number of benzene rings is 2. The van der Waals surface area contributed by atoms with E-state index in [4.69, 9.17) is 13.7 Å². The number of rotatable bonds is 5. The first kappa shape index (κ1) is 20.7. The molecule has 8 heteroatoms. The lowest BCUT2D eigenvalue weighted by molar-refractivity contribution is -0.151. The van der Waals surface area contributed by atoms with Gasteiger partial charge in [-0.2, -0.15) is 4.98 Å². The van der Waals surface area contributed by atoms with E-state index in [1.807, 2.05) is 55.5 Å². The third-order valence-electron chi connectivity index (χ3n) is 5.71. The molecule has 3 heterocycles. The highest BCUT2D eigenvalue weighted by atomic mass is 16.6. The zero-order chi connectivity index (χ0) is 22.8. The van der Waals surface area contributed by atoms with Crippen molar-refractivity contribution in [2.75, 3.05) is 0 Å². The molecule has 0 N–H and O–H groups in total. The molecule has 5 rings (SSSR count). The smallest absolute Gasteiger partial charge is 0.329 e. The first-order chi connectivity index (χ1) is 16.1. The molecular weight excluding hydrogens is 422 g/mol. The zero-order valence-electron chi connectivity index (χ0n) is 17.9. The number of aryl methyl sites for hydroxylation is 1. The van der Waals surface area contributed by atoms with Gasteiger partial charge in [0.15, 0.2) is 12.4 Å². The lowest BCUT2D eigenvalue weighted by Gasteiger charge is -2.34. The van der Waals surface area contributed by atoms with Gasteiger partial charge in [0.2, 0.25) is 5.82 Å². The average Bonchev–Trinajstić information content (AvgIpc) is 3.54. The quantitative estimate of drug-likeness (QED) is 0.431. The van der Waals surface area contributed by atoms with Crippen molar-refractivity contribution in [2.45, 2.75) is 32.5 Å². The van der Waals surface area contributed by atoms with Gasteiger partial charge in [-0.25, -0.2) is 4.79 Å². The molecule has 0 fully saturated rings. The highest BCUT2D eigenvalue weighted by Crippen LogP contribution is 2.26. The van der Waals surface area contributed by atoms with Crippen molar-refractivity contribution in [1.29, 1.82) is 0 Å². The molecule has 33 heavy (non-hydrogen) atoms. The van der Waals surface area contributed by atoms with Gasteiger partial charge in [0.1, 0.15) is 6.04 Å². The number of furan rings is 1. The van der Waals surface area contributed by atoms with E-state index in [-0.39, 0.29) is 30.7 Å². The highest BCUT2D eigenvalue weighted by molar-refractivity contribution is 5.95. The SMILES string of the molecule is Cc1ccccc1-c1noc(COC(=O)[C@@H]2Cc3ccccc3CN2C(=O)c2ccco2)n1. The van der Waals surface area contributed by atoms with Crippen LogP contribution < -0.4 is 0 Å². The molecule has 0 saturated heterocycles. The minimum atomic E-state index is -0.795. The predicted molar refractivity (Wildman–Crippen MR) is 117 cm³/mol. The second-order valence-electron chi connectivity index (χ2n) is 7.83. The first-order valence-corrected chi connectivity index (χ1v) is 10.6. The molecule has 0 radical (unpaired) electrons. The number of hydrogen-bond acceptors (Lipinski definition) is 7. The lowest BCUT2D eigenvalue weighted by atomic mass is 9.93. The molecule has 4 aromatic rings. The van der Waals surface area contributed by atoms with E-state index < -0.39 is 12.0 Å². The van der Waals surface area contributed by atoms with E-state index in [9.17, 15) is 9.59 Å². The van der Waals surface area contributed by atoms with E-state index in [1.54, 1.807) is 12.1 Å². The van der Waals surface area contributed by atoms with Crippen molar-refractivity contribution in [3.05, 3.63) is 95.3 Å². The summed E-state index contributed by atoms with van der Waals surface area (Å²) in [5, 5.41) is 3.99. The number of nitrogens with zero attached hydrogens (tertiary/aromatic N) is 3. The molecule has 0 bridgehead atoms. The maximum atomic E-state index is 13.1. The van der Waals surface area contributed by atoms with E-state index in [1.165, 1.54) is 11.2 Å². The van der Waals surface area contributed by atoms with Gasteiger partial charge in [-0.3, -0.25) is 4.79 Å². The van der Waals surface area contributed by atoms with Crippen LogP contribution in [0.5, 0.6) is 0 Å². The third-order valence-corrected chi connectivity index (χ3v) is 5.71. The standard InChI is InChI=1S/C25H21N3O5/c1-16-7-2-5-10-19(16)23-26-22(33-27-23)15-32-25(30)20-13-17-8-3-4-9-18(17)14-28(20)24(29)21-11-6-12-31-21/h2-12,20H,13-15H2,1H3/t20-/m0/s1. The van der Waals surface area contributed by atoms with Crippen molar-refractivity contribution < 1.29 is 23.3 Å². The van der Waals surface area contributed by atoms with Crippen LogP contribution in [-0.4, -0.2) is 33.0 Å². The van der Waals surface area contributed by atoms with Crippen LogP contribution in [0.4, 0.5) is 0 Å².